The maximum absolute atomic E-state index is 9.82. The van der Waals surface area contributed by atoms with Crippen molar-refractivity contribution >= 4 is 11.6 Å². The standard InChI is InChI=1S/C14H23ClN2O2/c1-11(9-17(2)3)16-8-13(18)10-19-14-6-4-12(15)5-7-14/h4-7,11,13,16,18H,8-10H2,1-3H3. The topological polar surface area (TPSA) is 44.7 Å². The van der Waals surface area contributed by atoms with Crippen LogP contribution in [0.4, 0.5) is 0 Å². The van der Waals surface area contributed by atoms with Crippen LogP contribution in [0.5, 0.6) is 5.75 Å². The zero-order valence-electron chi connectivity index (χ0n) is 11.8. The van der Waals surface area contributed by atoms with Gasteiger partial charge < -0.3 is 20.1 Å². The van der Waals surface area contributed by atoms with Crippen LogP contribution in [0.3, 0.4) is 0 Å². The highest BCUT2D eigenvalue weighted by molar-refractivity contribution is 6.30. The molecule has 2 unspecified atom stereocenters. The van der Waals surface area contributed by atoms with Crippen LogP contribution in [-0.4, -0.2) is 55.9 Å². The summed E-state index contributed by atoms with van der Waals surface area (Å²) in [6, 6.07) is 7.44. The van der Waals surface area contributed by atoms with Gasteiger partial charge in [0.2, 0.25) is 0 Å². The summed E-state index contributed by atoms with van der Waals surface area (Å²) in [6.07, 6.45) is -0.528. The van der Waals surface area contributed by atoms with E-state index in [1.165, 1.54) is 0 Å². The molecular weight excluding hydrogens is 264 g/mol. The summed E-state index contributed by atoms with van der Waals surface area (Å²) in [5.41, 5.74) is 0. The van der Waals surface area contributed by atoms with Crippen molar-refractivity contribution in [3.8, 4) is 5.75 Å². The molecule has 0 amide bonds. The van der Waals surface area contributed by atoms with Crippen molar-refractivity contribution in [2.45, 2.75) is 19.1 Å². The minimum atomic E-state index is -0.528. The fraction of sp³-hybridized carbons (Fsp3) is 0.571. The van der Waals surface area contributed by atoms with E-state index >= 15 is 0 Å². The van der Waals surface area contributed by atoms with E-state index in [0.29, 0.717) is 23.4 Å². The zero-order chi connectivity index (χ0) is 14.3. The van der Waals surface area contributed by atoms with E-state index in [-0.39, 0.29) is 6.61 Å². The number of hydrogen-bond donors (Lipinski definition) is 2. The van der Waals surface area contributed by atoms with Gasteiger partial charge in [-0.25, -0.2) is 0 Å². The fourth-order valence-electron chi connectivity index (χ4n) is 1.73. The van der Waals surface area contributed by atoms with E-state index < -0.39 is 6.10 Å². The molecule has 0 fully saturated rings. The predicted octanol–water partition coefficient (Wildman–Crippen LogP) is 1.62. The fourth-order valence-corrected chi connectivity index (χ4v) is 1.86. The Bertz CT molecular complexity index is 357. The van der Waals surface area contributed by atoms with Gasteiger partial charge in [0.15, 0.2) is 0 Å². The number of aliphatic hydroxyl groups excluding tert-OH is 1. The Balaban J connectivity index is 2.20. The zero-order valence-corrected chi connectivity index (χ0v) is 12.5. The molecule has 1 rings (SSSR count). The van der Waals surface area contributed by atoms with Crippen LogP contribution in [-0.2, 0) is 0 Å². The summed E-state index contributed by atoms with van der Waals surface area (Å²) < 4.78 is 5.48. The van der Waals surface area contributed by atoms with E-state index in [1.807, 2.05) is 14.1 Å². The molecule has 0 bridgehead atoms. The van der Waals surface area contributed by atoms with Gasteiger partial charge in [0, 0.05) is 24.2 Å². The third-order valence-electron chi connectivity index (χ3n) is 2.60. The van der Waals surface area contributed by atoms with Gasteiger partial charge in [-0.15, -0.1) is 0 Å². The molecule has 0 radical (unpaired) electrons. The molecule has 2 atom stereocenters. The van der Waals surface area contributed by atoms with Crippen LogP contribution in [0.15, 0.2) is 24.3 Å². The van der Waals surface area contributed by atoms with Crippen molar-refractivity contribution in [3.05, 3.63) is 29.3 Å². The van der Waals surface area contributed by atoms with E-state index in [4.69, 9.17) is 16.3 Å². The molecule has 0 heterocycles. The summed E-state index contributed by atoms with van der Waals surface area (Å²) in [7, 11) is 4.05. The summed E-state index contributed by atoms with van der Waals surface area (Å²) >= 11 is 5.78. The highest BCUT2D eigenvalue weighted by Gasteiger charge is 2.08. The molecule has 0 saturated heterocycles. The number of hydrogen-bond acceptors (Lipinski definition) is 4. The van der Waals surface area contributed by atoms with Crippen LogP contribution >= 0.6 is 11.6 Å². The lowest BCUT2D eigenvalue weighted by Crippen LogP contribution is -2.41. The molecular formula is C14H23ClN2O2. The first-order valence-electron chi connectivity index (χ1n) is 6.42. The van der Waals surface area contributed by atoms with E-state index in [0.717, 1.165) is 6.54 Å². The van der Waals surface area contributed by atoms with Crippen LogP contribution in [0.25, 0.3) is 0 Å². The van der Waals surface area contributed by atoms with Gasteiger partial charge in [-0.2, -0.15) is 0 Å². The van der Waals surface area contributed by atoms with E-state index in [2.05, 4.69) is 17.1 Å². The third kappa shape index (κ3) is 7.38. The average molecular weight is 287 g/mol. The Kier molecular flexibility index (Phi) is 7.16. The number of nitrogens with one attached hydrogen (secondary N) is 1. The van der Waals surface area contributed by atoms with Crippen molar-refractivity contribution in [3.63, 3.8) is 0 Å². The number of likely N-dealkylation sites (N-methyl/N-ethyl adjacent to an activating group) is 1. The Morgan fingerprint density at radius 2 is 1.95 bits per heavy atom. The second-order valence-corrected chi connectivity index (χ2v) is 5.43. The molecule has 0 aliphatic rings. The van der Waals surface area contributed by atoms with Gasteiger partial charge in [-0.05, 0) is 45.3 Å². The minimum Gasteiger partial charge on any atom is -0.491 e. The van der Waals surface area contributed by atoms with Crippen LogP contribution in [0.2, 0.25) is 5.02 Å². The molecule has 0 saturated carbocycles. The molecule has 4 nitrogen and oxygen atoms in total. The smallest absolute Gasteiger partial charge is 0.119 e. The largest absolute Gasteiger partial charge is 0.491 e. The Labute approximate surface area is 120 Å². The molecule has 108 valence electrons. The molecule has 1 aromatic rings. The first kappa shape index (κ1) is 16.2. The lowest BCUT2D eigenvalue weighted by atomic mass is 10.3. The number of ether oxygens (including phenoxy) is 1. The lowest BCUT2D eigenvalue weighted by Gasteiger charge is -2.20. The van der Waals surface area contributed by atoms with Gasteiger partial charge in [-0.3, -0.25) is 0 Å². The van der Waals surface area contributed by atoms with E-state index in [1.54, 1.807) is 24.3 Å². The average Bonchev–Trinajstić information content (AvgIpc) is 2.35. The number of benzene rings is 1. The summed E-state index contributed by atoms with van der Waals surface area (Å²) in [5.74, 6) is 0.713. The maximum Gasteiger partial charge on any atom is 0.119 e. The summed E-state index contributed by atoms with van der Waals surface area (Å²) in [4.78, 5) is 2.11. The number of nitrogens with zero attached hydrogens (tertiary/aromatic N) is 1. The first-order valence-corrected chi connectivity index (χ1v) is 6.79. The molecule has 0 spiro atoms. The van der Waals surface area contributed by atoms with Crippen molar-refractivity contribution in [1.29, 1.82) is 0 Å². The SMILES string of the molecule is CC(CN(C)C)NCC(O)COc1ccc(Cl)cc1. The second-order valence-electron chi connectivity index (χ2n) is 4.99. The van der Waals surface area contributed by atoms with Gasteiger partial charge in [0.1, 0.15) is 18.5 Å². The molecule has 0 aliphatic heterocycles. The van der Waals surface area contributed by atoms with Gasteiger partial charge in [-0.1, -0.05) is 11.6 Å². The quantitative estimate of drug-likeness (QED) is 0.762. The maximum atomic E-state index is 9.82. The molecule has 19 heavy (non-hydrogen) atoms. The van der Waals surface area contributed by atoms with E-state index in [9.17, 15) is 5.11 Å². The minimum absolute atomic E-state index is 0.267. The van der Waals surface area contributed by atoms with Crippen molar-refractivity contribution < 1.29 is 9.84 Å². The van der Waals surface area contributed by atoms with Crippen LogP contribution < -0.4 is 10.1 Å². The van der Waals surface area contributed by atoms with Crippen molar-refractivity contribution in [2.24, 2.45) is 0 Å². The van der Waals surface area contributed by atoms with Crippen molar-refractivity contribution in [1.82, 2.24) is 10.2 Å². The van der Waals surface area contributed by atoms with Gasteiger partial charge >= 0.3 is 0 Å². The van der Waals surface area contributed by atoms with Gasteiger partial charge in [0.25, 0.3) is 0 Å². The predicted molar refractivity (Wildman–Crippen MR) is 79.0 cm³/mol. The summed E-state index contributed by atoms with van der Waals surface area (Å²) in [5, 5.41) is 13.8. The van der Waals surface area contributed by atoms with Gasteiger partial charge in [0.05, 0.1) is 0 Å². The number of rotatable bonds is 8. The molecule has 0 aromatic heterocycles. The van der Waals surface area contributed by atoms with Crippen molar-refractivity contribution in [2.75, 3.05) is 33.8 Å². The van der Waals surface area contributed by atoms with Crippen LogP contribution in [0, 0.1) is 0 Å². The second kappa shape index (κ2) is 8.38. The van der Waals surface area contributed by atoms with Crippen LogP contribution in [0.1, 0.15) is 6.92 Å². The normalized spacial score (nSPS) is 14.4. The molecule has 0 aliphatic carbocycles. The highest BCUT2D eigenvalue weighted by atomic mass is 35.5. The summed E-state index contributed by atoms with van der Waals surface area (Å²) in [6.45, 7) is 3.81. The molecule has 1 aromatic carbocycles. The number of halogens is 1. The Hall–Kier alpha value is -0.810. The lowest BCUT2D eigenvalue weighted by molar-refractivity contribution is 0.103. The monoisotopic (exact) mass is 286 g/mol. The third-order valence-corrected chi connectivity index (χ3v) is 2.85. The molecule has 5 heteroatoms. The highest BCUT2D eigenvalue weighted by Crippen LogP contribution is 2.15. The Morgan fingerprint density at radius 1 is 1.32 bits per heavy atom. The number of aliphatic hydroxyl groups is 1. The molecule has 2 N–H and O–H groups in total. The Morgan fingerprint density at radius 3 is 2.53 bits per heavy atom. The first-order chi connectivity index (χ1) is 8.97.